The molecule has 0 saturated carbocycles. The van der Waals surface area contributed by atoms with E-state index in [4.69, 9.17) is 0 Å². The number of hydrogen-bond donors (Lipinski definition) is 0. The van der Waals surface area contributed by atoms with Crippen molar-refractivity contribution in [3.05, 3.63) is 24.0 Å². The molecule has 1 nitrogen and oxygen atoms in total. The maximum atomic E-state index is 3.44. The van der Waals surface area contributed by atoms with Gasteiger partial charge in [0.1, 0.15) is 0 Å². The molecule has 0 aliphatic heterocycles. The average molecular weight is 104 g/mol. The molecule has 0 heterocycles. The van der Waals surface area contributed by atoms with E-state index in [1.165, 1.54) is 11.8 Å². The normalized spacial score (nSPS) is 5.33. The van der Waals surface area contributed by atoms with Crippen LogP contribution in [-0.2, 0) is 0 Å². The Labute approximate surface area is 42.1 Å². The van der Waals surface area contributed by atoms with Crippen LogP contribution in [0, 0.1) is 0 Å². The molecule has 0 atom stereocenters. The fraction of sp³-hybridized carbons (Fsp3) is 0. The minimum Gasteiger partial charge on any atom is -0.412 e. The fourth-order valence-electron chi connectivity index (χ4n) is 0.0680. The molecule has 0 amide bonds. The summed E-state index contributed by atoms with van der Waals surface area (Å²) in [4.78, 5) is 0. The van der Waals surface area contributed by atoms with Crippen LogP contribution in [0.25, 0.3) is 0 Å². The number of hydrogen-bond acceptors (Lipinski definition) is 1. The lowest BCUT2D eigenvalue weighted by Gasteiger charge is -1.65. The van der Waals surface area contributed by atoms with E-state index in [0.717, 1.165) is 0 Å². The SMILES string of the molecule is C=CSC=C.O. The Morgan fingerprint density at radius 2 is 1.50 bits per heavy atom. The first-order valence-corrected chi connectivity index (χ1v) is 2.23. The third kappa shape index (κ3) is 9.21. The first kappa shape index (κ1) is 9.25. The second kappa shape index (κ2) is 8.84. The van der Waals surface area contributed by atoms with Gasteiger partial charge >= 0.3 is 0 Å². The highest BCUT2D eigenvalue weighted by Gasteiger charge is 1.52. The van der Waals surface area contributed by atoms with Gasteiger partial charge in [-0.2, -0.15) is 0 Å². The second-order valence-electron chi connectivity index (χ2n) is 0.469. The van der Waals surface area contributed by atoms with Crippen molar-refractivity contribution in [2.24, 2.45) is 0 Å². The highest BCUT2D eigenvalue weighted by atomic mass is 32.2. The van der Waals surface area contributed by atoms with Gasteiger partial charge in [0, 0.05) is 0 Å². The molecule has 2 heteroatoms. The van der Waals surface area contributed by atoms with E-state index in [-0.39, 0.29) is 5.48 Å². The molecule has 0 aromatic heterocycles. The van der Waals surface area contributed by atoms with E-state index in [0.29, 0.717) is 0 Å². The van der Waals surface area contributed by atoms with Crippen LogP contribution < -0.4 is 0 Å². The van der Waals surface area contributed by atoms with Crippen molar-refractivity contribution >= 4 is 11.8 Å². The predicted octanol–water partition coefficient (Wildman–Crippen LogP) is 1.18. The zero-order valence-corrected chi connectivity index (χ0v) is 4.29. The smallest absolute Gasteiger partial charge is 0.0320 e. The van der Waals surface area contributed by atoms with Gasteiger partial charge in [-0.1, -0.05) is 13.2 Å². The van der Waals surface area contributed by atoms with E-state index < -0.39 is 0 Å². The molecular weight excluding hydrogens is 96.1 g/mol. The van der Waals surface area contributed by atoms with E-state index in [9.17, 15) is 0 Å². The summed E-state index contributed by atoms with van der Waals surface area (Å²) in [7, 11) is 0. The highest BCUT2D eigenvalue weighted by molar-refractivity contribution is 8.04. The summed E-state index contributed by atoms with van der Waals surface area (Å²) < 4.78 is 0. The Morgan fingerprint density at radius 3 is 1.50 bits per heavy atom. The van der Waals surface area contributed by atoms with Gasteiger partial charge < -0.3 is 5.48 Å². The molecule has 0 fully saturated rings. The predicted molar refractivity (Wildman–Crippen MR) is 31.6 cm³/mol. The van der Waals surface area contributed by atoms with Gasteiger partial charge in [0.2, 0.25) is 0 Å². The molecule has 0 saturated heterocycles. The molecule has 36 valence electrons. The maximum Gasteiger partial charge on any atom is -0.0320 e. The summed E-state index contributed by atoms with van der Waals surface area (Å²) >= 11 is 1.49. The molecule has 0 spiro atoms. The fourth-order valence-corrected chi connectivity index (χ4v) is 0.204. The molecule has 0 unspecified atom stereocenters. The minimum atomic E-state index is 0. The van der Waals surface area contributed by atoms with Gasteiger partial charge in [-0.15, -0.1) is 11.8 Å². The van der Waals surface area contributed by atoms with Gasteiger partial charge in [-0.25, -0.2) is 0 Å². The molecule has 0 aliphatic carbocycles. The van der Waals surface area contributed by atoms with Crippen LogP contribution in [-0.4, -0.2) is 5.48 Å². The molecule has 6 heavy (non-hydrogen) atoms. The van der Waals surface area contributed by atoms with Crippen molar-refractivity contribution in [1.29, 1.82) is 0 Å². The summed E-state index contributed by atoms with van der Waals surface area (Å²) in [6.45, 7) is 6.88. The van der Waals surface area contributed by atoms with Crippen LogP contribution in [0.5, 0.6) is 0 Å². The van der Waals surface area contributed by atoms with Crippen molar-refractivity contribution in [1.82, 2.24) is 0 Å². The van der Waals surface area contributed by atoms with Crippen molar-refractivity contribution in [3.8, 4) is 0 Å². The Kier molecular flexibility index (Phi) is 13.6. The van der Waals surface area contributed by atoms with Crippen molar-refractivity contribution in [2.45, 2.75) is 0 Å². The third-order valence-corrected chi connectivity index (χ3v) is 0.577. The average Bonchev–Trinajstić information content (AvgIpc) is 1.41. The Hall–Kier alpha value is -0.210. The molecule has 0 aromatic rings. The Bertz CT molecular complexity index is 36.8. The molecule has 0 bridgehead atoms. The summed E-state index contributed by atoms with van der Waals surface area (Å²) in [6, 6.07) is 0. The maximum absolute atomic E-state index is 3.44. The van der Waals surface area contributed by atoms with Crippen LogP contribution in [0.2, 0.25) is 0 Å². The van der Waals surface area contributed by atoms with Crippen LogP contribution in [0.1, 0.15) is 0 Å². The van der Waals surface area contributed by atoms with Crippen LogP contribution >= 0.6 is 11.8 Å². The molecule has 0 aromatic carbocycles. The van der Waals surface area contributed by atoms with Gasteiger partial charge in [0.05, 0.1) is 0 Å². The summed E-state index contributed by atoms with van der Waals surface area (Å²) in [5.74, 6) is 0. The lowest BCUT2D eigenvalue weighted by Crippen LogP contribution is -1.25. The summed E-state index contributed by atoms with van der Waals surface area (Å²) in [6.07, 6.45) is 0. The lowest BCUT2D eigenvalue weighted by molar-refractivity contribution is 0.824. The largest absolute Gasteiger partial charge is 0.412 e. The molecule has 0 aliphatic rings. The third-order valence-electron chi connectivity index (χ3n) is 0.192. The Morgan fingerprint density at radius 1 is 1.17 bits per heavy atom. The van der Waals surface area contributed by atoms with Crippen LogP contribution in [0.3, 0.4) is 0 Å². The van der Waals surface area contributed by atoms with E-state index in [1.54, 1.807) is 10.8 Å². The van der Waals surface area contributed by atoms with Crippen molar-refractivity contribution in [3.63, 3.8) is 0 Å². The van der Waals surface area contributed by atoms with Gasteiger partial charge in [0.25, 0.3) is 0 Å². The van der Waals surface area contributed by atoms with Crippen LogP contribution in [0.15, 0.2) is 24.0 Å². The monoisotopic (exact) mass is 104 g/mol. The van der Waals surface area contributed by atoms with Crippen molar-refractivity contribution < 1.29 is 5.48 Å². The molecule has 0 radical (unpaired) electrons. The minimum absolute atomic E-state index is 0. The van der Waals surface area contributed by atoms with E-state index in [2.05, 4.69) is 13.2 Å². The van der Waals surface area contributed by atoms with Crippen molar-refractivity contribution in [2.75, 3.05) is 0 Å². The van der Waals surface area contributed by atoms with Gasteiger partial charge in [-0.3, -0.25) is 0 Å². The topological polar surface area (TPSA) is 31.5 Å². The standard InChI is InChI=1S/C4H6S.H2O/c1-3-5-4-2;/h3-4H,1-2H2;1H2. The molecule has 0 rings (SSSR count). The Balaban J connectivity index is 0. The second-order valence-corrected chi connectivity index (χ2v) is 1.41. The number of thioether (sulfide) groups is 1. The van der Waals surface area contributed by atoms with E-state index >= 15 is 0 Å². The number of rotatable bonds is 2. The first-order chi connectivity index (χ1) is 2.41. The molecule has 2 N–H and O–H groups in total. The quantitative estimate of drug-likeness (QED) is 0.517. The van der Waals surface area contributed by atoms with Crippen LogP contribution in [0.4, 0.5) is 0 Å². The first-order valence-electron chi connectivity index (χ1n) is 1.29. The molecular formula is C4H8OS. The zero-order chi connectivity index (χ0) is 4.12. The zero-order valence-electron chi connectivity index (χ0n) is 3.48. The lowest BCUT2D eigenvalue weighted by atomic mass is 11.3. The summed E-state index contributed by atoms with van der Waals surface area (Å²) in [5, 5.41) is 3.46. The highest BCUT2D eigenvalue weighted by Crippen LogP contribution is 1.96. The van der Waals surface area contributed by atoms with Gasteiger partial charge in [-0.05, 0) is 10.8 Å². The summed E-state index contributed by atoms with van der Waals surface area (Å²) in [5.41, 5.74) is 0. The van der Waals surface area contributed by atoms with Gasteiger partial charge in [0.15, 0.2) is 0 Å². The van der Waals surface area contributed by atoms with E-state index in [1.807, 2.05) is 0 Å².